The summed E-state index contributed by atoms with van der Waals surface area (Å²) < 4.78 is 0. The van der Waals surface area contributed by atoms with Crippen LogP contribution in [0.15, 0.2) is 0 Å². The zero-order chi connectivity index (χ0) is 11.8. The number of hydrogen-bond acceptors (Lipinski definition) is 4. The first-order valence-electron chi connectivity index (χ1n) is 6.30. The van der Waals surface area contributed by atoms with E-state index in [1.165, 1.54) is 37.0 Å². The lowest BCUT2D eigenvalue weighted by Crippen LogP contribution is -2.20. The molecule has 0 radical (unpaired) electrons. The molecule has 0 aromatic carbocycles. The standard InChI is InChI=1S/C12H17N3OS/c1-7-14-15-12(17-7)13-11(16)6-10-5-8-2-3-9(10)4-8/h8-10H,2-6H2,1H3,(H,13,15,16)/t8-,9-,10+/m1/s1. The van der Waals surface area contributed by atoms with Gasteiger partial charge in [0.25, 0.3) is 0 Å². The van der Waals surface area contributed by atoms with Gasteiger partial charge in [-0.3, -0.25) is 4.79 Å². The molecule has 2 saturated carbocycles. The third-order valence-corrected chi connectivity index (χ3v) is 4.86. The number of nitrogens with zero attached hydrogens (tertiary/aromatic N) is 2. The molecule has 5 heteroatoms. The van der Waals surface area contributed by atoms with Crippen LogP contribution in [-0.2, 0) is 4.79 Å². The van der Waals surface area contributed by atoms with Gasteiger partial charge < -0.3 is 5.32 Å². The molecule has 0 spiro atoms. The van der Waals surface area contributed by atoms with Crippen molar-refractivity contribution >= 4 is 22.4 Å². The number of rotatable bonds is 3. The smallest absolute Gasteiger partial charge is 0.226 e. The number of anilines is 1. The Kier molecular flexibility index (Phi) is 2.86. The Labute approximate surface area is 105 Å². The van der Waals surface area contributed by atoms with Crippen molar-refractivity contribution in [3.05, 3.63) is 5.01 Å². The molecule has 0 unspecified atom stereocenters. The highest BCUT2D eigenvalue weighted by Gasteiger charge is 2.40. The molecule has 17 heavy (non-hydrogen) atoms. The summed E-state index contributed by atoms with van der Waals surface area (Å²) in [5.41, 5.74) is 0. The fourth-order valence-electron chi connectivity index (χ4n) is 3.38. The minimum absolute atomic E-state index is 0.110. The minimum atomic E-state index is 0.110. The maximum Gasteiger partial charge on any atom is 0.226 e. The lowest BCUT2D eigenvalue weighted by molar-refractivity contribution is -0.117. The first-order chi connectivity index (χ1) is 8.20. The summed E-state index contributed by atoms with van der Waals surface area (Å²) in [4.78, 5) is 11.9. The molecule has 3 rings (SSSR count). The zero-order valence-electron chi connectivity index (χ0n) is 9.98. The van der Waals surface area contributed by atoms with Crippen LogP contribution in [0.2, 0.25) is 0 Å². The van der Waals surface area contributed by atoms with Gasteiger partial charge in [-0.15, -0.1) is 10.2 Å². The maximum atomic E-state index is 11.9. The van der Waals surface area contributed by atoms with E-state index in [1.54, 1.807) is 0 Å². The summed E-state index contributed by atoms with van der Waals surface area (Å²) in [6, 6.07) is 0. The van der Waals surface area contributed by atoms with Gasteiger partial charge in [-0.05, 0) is 43.9 Å². The number of fused-ring (bicyclic) bond motifs is 2. The van der Waals surface area contributed by atoms with Crippen molar-refractivity contribution in [2.75, 3.05) is 5.32 Å². The van der Waals surface area contributed by atoms with Gasteiger partial charge in [0.1, 0.15) is 5.01 Å². The highest BCUT2D eigenvalue weighted by Crippen LogP contribution is 2.49. The molecule has 2 aliphatic rings. The van der Waals surface area contributed by atoms with Gasteiger partial charge in [0.15, 0.2) is 0 Å². The normalized spacial score (nSPS) is 30.8. The summed E-state index contributed by atoms with van der Waals surface area (Å²) in [5.74, 6) is 2.44. The summed E-state index contributed by atoms with van der Waals surface area (Å²) >= 11 is 1.44. The molecule has 1 amide bonds. The Morgan fingerprint density at radius 1 is 1.41 bits per heavy atom. The fourth-order valence-corrected chi connectivity index (χ4v) is 3.99. The van der Waals surface area contributed by atoms with E-state index in [1.807, 2.05) is 6.92 Å². The van der Waals surface area contributed by atoms with Gasteiger partial charge in [-0.2, -0.15) is 0 Å². The average Bonchev–Trinajstić information content (AvgIpc) is 2.95. The maximum absolute atomic E-state index is 11.9. The van der Waals surface area contributed by atoms with E-state index in [0.717, 1.165) is 16.8 Å². The highest BCUT2D eigenvalue weighted by molar-refractivity contribution is 7.15. The first kappa shape index (κ1) is 11.1. The van der Waals surface area contributed by atoms with Crippen molar-refractivity contribution in [3.8, 4) is 0 Å². The van der Waals surface area contributed by atoms with Crippen LogP contribution in [-0.4, -0.2) is 16.1 Å². The van der Waals surface area contributed by atoms with E-state index >= 15 is 0 Å². The summed E-state index contributed by atoms with van der Waals surface area (Å²) in [7, 11) is 0. The number of amides is 1. The van der Waals surface area contributed by atoms with E-state index in [-0.39, 0.29) is 5.91 Å². The highest BCUT2D eigenvalue weighted by atomic mass is 32.1. The predicted octanol–water partition coefficient (Wildman–Crippen LogP) is 2.61. The third-order valence-electron chi connectivity index (χ3n) is 4.10. The van der Waals surface area contributed by atoms with E-state index in [9.17, 15) is 4.79 Å². The van der Waals surface area contributed by atoms with Crippen LogP contribution in [0, 0.1) is 24.7 Å². The Morgan fingerprint density at radius 2 is 2.29 bits per heavy atom. The van der Waals surface area contributed by atoms with Crippen molar-refractivity contribution in [1.29, 1.82) is 0 Å². The number of aromatic nitrogens is 2. The second-order valence-electron chi connectivity index (χ2n) is 5.31. The quantitative estimate of drug-likeness (QED) is 0.898. The molecular formula is C12H17N3OS. The van der Waals surface area contributed by atoms with Crippen molar-refractivity contribution in [2.24, 2.45) is 17.8 Å². The van der Waals surface area contributed by atoms with Crippen LogP contribution in [0.3, 0.4) is 0 Å². The topological polar surface area (TPSA) is 54.9 Å². The van der Waals surface area contributed by atoms with Crippen LogP contribution in [0.1, 0.15) is 37.1 Å². The lowest BCUT2D eigenvalue weighted by Gasteiger charge is -2.20. The van der Waals surface area contributed by atoms with Crippen LogP contribution in [0.25, 0.3) is 0 Å². The molecule has 3 atom stereocenters. The second kappa shape index (κ2) is 4.37. The first-order valence-corrected chi connectivity index (χ1v) is 7.12. The molecule has 1 heterocycles. The van der Waals surface area contributed by atoms with E-state index < -0.39 is 0 Å². The summed E-state index contributed by atoms with van der Waals surface area (Å²) in [5, 5.41) is 12.2. The Balaban J connectivity index is 1.54. The molecule has 92 valence electrons. The molecular weight excluding hydrogens is 234 g/mol. The largest absolute Gasteiger partial charge is 0.301 e. The van der Waals surface area contributed by atoms with Gasteiger partial charge in [0, 0.05) is 6.42 Å². The number of carbonyl (C=O) groups is 1. The van der Waals surface area contributed by atoms with Crippen LogP contribution < -0.4 is 5.32 Å². The van der Waals surface area contributed by atoms with Crippen LogP contribution in [0.5, 0.6) is 0 Å². The molecule has 2 fully saturated rings. The van der Waals surface area contributed by atoms with Crippen molar-refractivity contribution in [2.45, 2.75) is 39.0 Å². The van der Waals surface area contributed by atoms with E-state index in [4.69, 9.17) is 0 Å². The van der Waals surface area contributed by atoms with Gasteiger partial charge in [-0.1, -0.05) is 17.8 Å². The van der Waals surface area contributed by atoms with Gasteiger partial charge >= 0.3 is 0 Å². The summed E-state index contributed by atoms with van der Waals surface area (Å²) in [6.07, 6.45) is 6.00. The molecule has 1 aromatic heterocycles. The average molecular weight is 251 g/mol. The van der Waals surface area contributed by atoms with Crippen molar-refractivity contribution in [3.63, 3.8) is 0 Å². The SMILES string of the molecule is Cc1nnc(NC(=O)C[C@@H]2C[C@@H]3CC[C@@H]2C3)s1. The zero-order valence-corrected chi connectivity index (χ0v) is 10.8. The van der Waals surface area contributed by atoms with Crippen molar-refractivity contribution < 1.29 is 4.79 Å². The predicted molar refractivity (Wildman–Crippen MR) is 66.8 cm³/mol. The van der Waals surface area contributed by atoms with E-state index in [0.29, 0.717) is 17.5 Å². The van der Waals surface area contributed by atoms with E-state index in [2.05, 4.69) is 15.5 Å². The number of nitrogens with one attached hydrogen (secondary N) is 1. The van der Waals surface area contributed by atoms with Gasteiger partial charge in [-0.25, -0.2) is 0 Å². The fraction of sp³-hybridized carbons (Fsp3) is 0.750. The molecule has 1 N–H and O–H groups in total. The molecule has 2 bridgehead atoms. The number of hydrogen-bond donors (Lipinski definition) is 1. The van der Waals surface area contributed by atoms with Gasteiger partial charge in [0.05, 0.1) is 0 Å². The Bertz CT molecular complexity index is 431. The molecule has 1 aromatic rings. The third kappa shape index (κ3) is 2.34. The second-order valence-corrected chi connectivity index (χ2v) is 6.50. The Morgan fingerprint density at radius 3 is 2.88 bits per heavy atom. The lowest BCUT2D eigenvalue weighted by atomic mass is 9.86. The molecule has 4 nitrogen and oxygen atoms in total. The van der Waals surface area contributed by atoms with Crippen LogP contribution >= 0.6 is 11.3 Å². The van der Waals surface area contributed by atoms with Crippen LogP contribution in [0.4, 0.5) is 5.13 Å². The monoisotopic (exact) mass is 251 g/mol. The molecule has 0 aliphatic heterocycles. The summed E-state index contributed by atoms with van der Waals surface area (Å²) in [6.45, 7) is 1.89. The van der Waals surface area contributed by atoms with Gasteiger partial charge in [0.2, 0.25) is 11.0 Å². The number of aryl methyl sites for hydroxylation is 1. The Hall–Kier alpha value is -0.970. The minimum Gasteiger partial charge on any atom is -0.301 e. The van der Waals surface area contributed by atoms with Crippen molar-refractivity contribution in [1.82, 2.24) is 10.2 Å². The molecule has 0 saturated heterocycles. The molecule has 2 aliphatic carbocycles. The number of carbonyl (C=O) groups excluding carboxylic acids is 1.